The lowest BCUT2D eigenvalue weighted by atomic mass is 9.97. The Morgan fingerprint density at radius 1 is 1.08 bits per heavy atom. The maximum atomic E-state index is 11.7. The van der Waals surface area contributed by atoms with E-state index in [-0.39, 0.29) is 0 Å². The third-order valence-corrected chi connectivity index (χ3v) is 3.94. The molecule has 0 spiro atoms. The van der Waals surface area contributed by atoms with Crippen LogP contribution in [0.2, 0.25) is 0 Å². The summed E-state index contributed by atoms with van der Waals surface area (Å²) in [6.45, 7) is 3.96. The smallest absolute Gasteiger partial charge is 0.360 e. The number of rotatable bonds is 3. The predicted octanol–water partition coefficient (Wildman–Crippen LogP) is 2.92. The maximum Gasteiger partial charge on any atom is 0.360 e. The third-order valence-electron chi connectivity index (χ3n) is 3.94. The van der Waals surface area contributed by atoms with Crippen LogP contribution < -0.4 is 5.43 Å². The molecule has 2 aromatic carbocycles. The molecule has 6 heteroatoms. The van der Waals surface area contributed by atoms with Crippen molar-refractivity contribution < 1.29 is 15.0 Å². The zero-order valence-electron chi connectivity index (χ0n) is 13.7. The molecule has 0 radical (unpaired) electrons. The highest BCUT2D eigenvalue weighted by molar-refractivity contribution is 5.85. The second kappa shape index (κ2) is 6.24. The van der Waals surface area contributed by atoms with Crippen LogP contribution in [0.4, 0.5) is 0 Å². The molecular formula is C19H16N2O4. The van der Waals surface area contributed by atoms with Crippen LogP contribution in [0.5, 0.6) is 5.75 Å². The second-order valence-electron chi connectivity index (χ2n) is 5.78. The van der Waals surface area contributed by atoms with Crippen LogP contribution in [0, 0.1) is 13.8 Å². The molecule has 1 heterocycles. The van der Waals surface area contributed by atoms with Gasteiger partial charge in [-0.15, -0.1) is 0 Å². The molecule has 0 fully saturated rings. The summed E-state index contributed by atoms with van der Waals surface area (Å²) in [6, 6.07) is 13.3. The lowest BCUT2D eigenvalue weighted by Gasteiger charge is -2.14. The number of carboxylic acids is 1. The molecule has 0 saturated carbocycles. The first-order valence-corrected chi connectivity index (χ1v) is 7.61. The number of aromatic carboxylic acids is 1. The minimum absolute atomic E-state index is 0.564. The Morgan fingerprint density at radius 3 is 2.52 bits per heavy atom. The van der Waals surface area contributed by atoms with Crippen molar-refractivity contribution in [3.05, 3.63) is 75.7 Å². The summed E-state index contributed by atoms with van der Waals surface area (Å²) in [5, 5.41) is 22.8. The van der Waals surface area contributed by atoms with E-state index in [2.05, 4.69) is 5.10 Å². The number of carboxylic acid groups (broad SMARTS) is 1. The van der Waals surface area contributed by atoms with Crippen LogP contribution in [0.1, 0.15) is 21.6 Å². The zero-order chi connectivity index (χ0) is 18.1. The minimum atomic E-state index is -1.49. The van der Waals surface area contributed by atoms with Gasteiger partial charge in [0.2, 0.25) is 5.69 Å². The summed E-state index contributed by atoms with van der Waals surface area (Å²) in [5.41, 5.74) is 2.74. The fourth-order valence-corrected chi connectivity index (χ4v) is 2.67. The van der Waals surface area contributed by atoms with Gasteiger partial charge in [-0.3, -0.25) is 4.79 Å². The van der Waals surface area contributed by atoms with Crippen molar-refractivity contribution in [3.8, 4) is 22.6 Å². The monoisotopic (exact) mass is 336 g/mol. The van der Waals surface area contributed by atoms with Crippen molar-refractivity contribution in [1.29, 1.82) is 0 Å². The average molecular weight is 336 g/mol. The summed E-state index contributed by atoms with van der Waals surface area (Å²) in [5.74, 6) is -2.15. The van der Waals surface area contributed by atoms with Crippen molar-refractivity contribution in [2.75, 3.05) is 0 Å². The molecule has 3 aromatic rings. The van der Waals surface area contributed by atoms with Gasteiger partial charge in [0, 0.05) is 5.56 Å². The van der Waals surface area contributed by atoms with Crippen molar-refractivity contribution in [2.24, 2.45) is 0 Å². The Morgan fingerprint density at radius 2 is 1.80 bits per heavy atom. The van der Waals surface area contributed by atoms with E-state index in [9.17, 15) is 14.7 Å². The van der Waals surface area contributed by atoms with Crippen LogP contribution >= 0.6 is 0 Å². The van der Waals surface area contributed by atoms with E-state index in [4.69, 9.17) is 5.11 Å². The Kier molecular flexibility index (Phi) is 4.10. The Bertz CT molecular complexity index is 1040. The number of aromatic hydroxyl groups is 1. The fourth-order valence-electron chi connectivity index (χ4n) is 2.67. The topological polar surface area (TPSA) is 92.4 Å². The SMILES string of the molecule is Cc1ccc(C)c(-c2ccccc2-n2cc(O)c(=O)c(C(=O)O)n2)c1. The van der Waals surface area contributed by atoms with E-state index < -0.39 is 22.8 Å². The fraction of sp³-hybridized carbons (Fsp3) is 0.105. The van der Waals surface area contributed by atoms with Gasteiger partial charge in [0.15, 0.2) is 5.75 Å². The minimum Gasteiger partial charge on any atom is -0.503 e. The number of aromatic nitrogens is 2. The summed E-state index contributed by atoms with van der Waals surface area (Å²) >= 11 is 0. The number of aryl methyl sites for hydroxylation is 2. The van der Waals surface area contributed by atoms with E-state index in [1.54, 1.807) is 12.1 Å². The Labute approximate surface area is 143 Å². The standard InChI is InChI=1S/C19H16N2O4/c1-11-7-8-12(2)14(9-11)13-5-3-4-6-15(13)21-10-16(22)18(23)17(20-21)19(24)25/h3-10,22H,1-2H3,(H,24,25). The molecule has 0 amide bonds. The third kappa shape index (κ3) is 3.01. The van der Waals surface area contributed by atoms with Crippen LogP contribution in [0.3, 0.4) is 0 Å². The number of hydrogen-bond donors (Lipinski definition) is 2. The van der Waals surface area contributed by atoms with E-state index in [0.717, 1.165) is 28.5 Å². The van der Waals surface area contributed by atoms with Gasteiger partial charge in [-0.05, 0) is 31.0 Å². The van der Waals surface area contributed by atoms with Gasteiger partial charge < -0.3 is 10.2 Å². The van der Waals surface area contributed by atoms with Crippen molar-refractivity contribution >= 4 is 5.97 Å². The first-order valence-electron chi connectivity index (χ1n) is 7.61. The van der Waals surface area contributed by atoms with Gasteiger partial charge in [0.25, 0.3) is 5.43 Å². The number of para-hydroxylation sites is 1. The lowest BCUT2D eigenvalue weighted by Crippen LogP contribution is -2.21. The Hall–Kier alpha value is -3.41. The molecule has 0 atom stereocenters. The number of carbonyl (C=O) groups is 1. The largest absolute Gasteiger partial charge is 0.503 e. The zero-order valence-corrected chi connectivity index (χ0v) is 13.7. The molecule has 25 heavy (non-hydrogen) atoms. The van der Waals surface area contributed by atoms with Crippen molar-refractivity contribution in [3.63, 3.8) is 0 Å². The average Bonchev–Trinajstić information content (AvgIpc) is 2.59. The first kappa shape index (κ1) is 16.4. The molecule has 126 valence electrons. The molecule has 3 rings (SSSR count). The van der Waals surface area contributed by atoms with Crippen molar-refractivity contribution in [1.82, 2.24) is 9.78 Å². The summed E-state index contributed by atoms with van der Waals surface area (Å²) in [6.07, 6.45) is 1.12. The molecule has 0 aliphatic carbocycles. The molecule has 0 bridgehead atoms. The summed E-state index contributed by atoms with van der Waals surface area (Å²) in [4.78, 5) is 23.0. The molecule has 2 N–H and O–H groups in total. The van der Waals surface area contributed by atoms with Gasteiger partial charge in [0.1, 0.15) is 0 Å². The maximum absolute atomic E-state index is 11.7. The molecule has 1 aromatic heterocycles. The molecule has 0 aliphatic heterocycles. The predicted molar refractivity (Wildman–Crippen MR) is 93.4 cm³/mol. The second-order valence-corrected chi connectivity index (χ2v) is 5.78. The van der Waals surface area contributed by atoms with Crippen LogP contribution in [-0.4, -0.2) is 26.0 Å². The highest BCUT2D eigenvalue weighted by Gasteiger charge is 2.17. The molecule has 6 nitrogen and oxygen atoms in total. The number of benzene rings is 2. The lowest BCUT2D eigenvalue weighted by molar-refractivity contribution is 0.0686. The van der Waals surface area contributed by atoms with Crippen LogP contribution in [-0.2, 0) is 0 Å². The van der Waals surface area contributed by atoms with E-state index in [0.29, 0.717) is 5.69 Å². The van der Waals surface area contributed by atoms with Gasteiger partial charge in [0.05, 0.1) is 11.9 Å². The number of hydrogen-bond acceptors (Lipinski definition) is 4. The van der Waals surface area contributed by atoms with Crippen LogP contribution in [0.15, 0.2) is 53.5 Å². The van der Waals surface area contributed by atoms with Gasteiger partial charge >= 0.3 is 5.97 Å². The van der Waals surface area contributed by atoms with E-state index in [1.807, 2.05) is 44.2 Å². The van der Waals surface area contributed by atoms with Gasteiger partial charge in [-0.1, -0.05) is 42.0 Å². The van der Waals surface area contributed by atoms with Gasteiger partial charge in [-0.2, -0.15) is 5.10 Å². The first-order chi connectivity index (χ1) is 11.9. The molecule has 0 saturated heterocycles. The summed E-state index contributed by atoms with van der Waals surface area (Å²) in [7, 11) is 0. The number of nitrogens with zero attached hydrogens (tertiary/aromatic N) is 2. The Balaban J connectivity index is 2.29. The van der Waals surface area contributed by atoms with Crippen molar-refractivity contribution in [2.45, 2.75) is 13.8 Å². The van der Waals surface area contributed by atoms with E-state index in [1.165, 1.54) is 4.68 Å². The quantitative estimate of drug-likeness (QED) is 0.767. The normalized spacial score (nSPS) is 10.6. The molecular weight excluding hydrogens is 320 g/mol. The highest BCUT2D eigenvalue weighted by Crippen LogP contribution is 2.30. The van der Waals surface area contributed by atoms with Gasteiger partial charge in [-0.25, -0.2) is 9.48 Å². The summed E-state index contributed by atoms with van der Waals surface area (Å²) < 4.78 is 1.22. The molecule has 0 aliphatic rings. The molecule has 0 unspecified atom stereocenters. The van der Waals surface area contributed by atoms with Crippen LogP contribution in [0.25, 0.3) is 16.8 Å². The van der Waals surface area contributed by atoms with E-state index >= 15 is 0 Å². The highest BCUT2D eigenvalue weighted by atomic mass is 16.4.